The minimum absolute atomic E-state index is 0. The van der Waals surface area contributed by atoms with E-state index in [4.69, 9.17) is 0 Å². The Morgan fingerprint density at radius 1 is 1.36 bits per heavy atom. The SMILES string of the molecule is CC[N-]c1cccc(C)c1.[Na+]. The van der Waals surface area contributed by atoms with Gasteiger partial charge >= 0.3 is 29.6 Å². The normalized spacial score (nSPS) is 8.55. The first-order valence-electron chi connectivity index (χ1n) is 3.57. The average Bonchev–Trinajstić information content (AvgIpc) is 1.88. The Hall–Kier alpha value is 0.0200. The number of hydrogen-bond donors (Lipinski definition) is 0. The first kappa shape index (κ1) is 11.0. The number of hydrogen-bond acceptors (Lipinski definition) is 0. The predicted molar refractivity (Wildman–Crippen MR) is 44.7 cm³/mol. The van der Waals surface area contributed by atoms with E-state index in [1.54, 1.807) is 0 Å². The summed E-state index contributed by atoms with van der Waals surface area (Å²) in [5, 5.41) is 4.27. The molecular formula is C9H12NNa. The summed E-state index contributed by atoms with van der Waals surface area (Å²) in [7, 11) is 0. The molecule has 0 spiro atoms. The molecule has 0 aliphatic rings. The van der Waals surface area contributed by atoms with Crippen LogP contribution in [0.15, 0.2) is 24.3 Å². The van der Waals surface area contributed by atoms with Gasteiger partial charge in [-0.1, -0.05) is 36.8 Å². The second-order valence-electron chi connectivity index (χ2n) is 2.31. The van der Waals surface area contributed by atoms with E-state index in [-0.39, 0.29) is 29.6 Å². The van der Waals surface area contributed by atoms with Gasteiger partial charge in [0.15, 0.2) is 0 Å². The molecule has 0 radical (unpaired) electrons. The van der Waals surface area contributed by atoms with Crippen molar-refractivity contribution < 1.29 is 29.6 Å². The monoisotopic (exact) mass is 157 g/mol. The van der Waals surface area contributed by atoms with E-state index >= 15 is 0 Å². The Morgan fingerprint density at radius 2 is 2.09 bits per heavy atom. The Kier molecular flexibility index (Phi) is 5.65. The van der Waals surface area contributed by atoms with Crippen molar-refractivity contribution in [3.8, 4) is 0 Å². The largest absolute Gasteiger partial charge is 1.00 e. The summed E-state index contributed by atoms with van der Waals surface area (Å²) in [6, 6.07) is 8.22. The molecule has 0 saturated carbocycles. The van der Waals surface area contributed by atoms with E-state index in [0.717, 1.165) is 12.2 Å². The van der Waals surface area contributed by atoms with Crippen molar-refractivity contribution in [1.82, 2.24) is 0 Å². The van der Waals surface area contributed by atoms with Gasteiger partial charge in [0.1, 0.15) is 0 Å². The molecule has 1 aromatic carbocycles. The topological polar surface area (TPSA) is 14.1 Å². The molecule has 0 atom stereocenters. The van der Waals surface area contributed by atoms with Crippen molar-refractivity contribution in [3.05, 3.63) is 35.1 Å². The van der Waals surface area contributed by atoms with Crippen LogP contribution in [0.2, 0.25) is 0 Å². The third-order valence-electron chi connectivity index (χ3n) is 1.34. The van der Waals surface area contributed by atoms with Crippen LogP contribution < -0.4 is 29.6 Å². The van der Waals surface area contributed by atoms with Crippen LogP contribution in [-0.4, -0.2) is 6.54 Å². The zero-order valence-corrected chi connectivity index (χ0v) is 9.46. The van der Waals surface area contributed by atoms with Crippen molar-refractivity contribution in [2.24, 2.45) is 0 Å². The van der Waals surface area contributed by atoms with Gasteiger partial charge in [-0.2, -0.15) is 0 Å². The fraction of sp³-hybridized carbons (Fsp3) is 0.333. The van der Waals surface area contributed by atoms with Crippen LogP contribution in [0.25, 0.3) is 5.32 Å². The van der Waals surface area contributed by atoms with E-state index < -0.39 is 0 Å². The van der Waals surface area contributed by atoms with E-state index in [1.165, 1.54) is 5.56 Å². The second-order valence-corrected chi connectivity index (χ2v) is 2.31. The third-order valence-corrected chi connectivity index (χ3v) is 1.34. The smallest absolute Gasteiger partial charge is 0.685 e. The maximum Gasteiger partial charge on any atom is 1.00 e. The molecule has 11 heavy (non-hydrogen) atoms. The zero-order valence-electron chi connectivity index (χ0n) is 7.46. The van der Waals surface area contributed by atoms with Gasteiger partial charge in [0.25, 0.3) is 0 Å². The number of aryl methyl sites for hydroxylation is 1. The summed E-state index contributed by atoms with van der Waals surface area (Å²) in [6.07, 6.45) is 0. The molecule has 0 aromatic heterocycles. The van der Waals surface area contributed by atoms with Gasteiger partial charge in [-0.05, 0) is 6.92 Å². The quantitative estimate of drug-likeness (QED) is 0.537. The summed E-state index contributed by atoms with van der Waals surface area (Å²) in [4.78, 5) is 0. The molecule has 0 N–H and O–H groups in total. The van der Waals surface area contributed by atoms with Gasteiger partial charge < -0.3 is 5.32 Å². The van der Waals surface area contributed by atoms with Crippen molar-refractivity contribution in [3.63, 3.8) is 0 Å². The fourth-order valence-corrected chi connectivity index (χ4v) is 0.909. The molecule has 54 valence electrons. The predicted octanol–water partition coefficient (Wildman–Crippen LogP) is 0.0241. The number of nitrogens with zero attached hydrogens (tertiary/aromatic N) is 1. The molecule has 0 saturated heterocycles. The first-order chi connectivity index (χ1) is 4.83. The number of rotatable bonds is 2. The zero-order chi connectivity index (χ0) is 7.40. The molecule has 0 amide bonds. The van der Waals surface area contributed by atoms with Crippen molar-refractivity contribution in [2.75, 3.05) is 6.54 Å². The summed E-state index contributed by atoms with van der Waals surface area (Å²) in [6.45, 7) is 4.99. The summed E-state index contributed by atoms with van der Waals surface area (Å²) in [5.41, 5.74) is 2.36. The van der Waals surface area contributed by atoms with Crippen LogP contribution in [0.5, 0.6) is 0 Å². The van der Waals surface area contributed by atoms with Gasteiger partial charge in [-0.3, -0.25) is 0 Å². The van der Waals surface area contributed by atoms with E-state index in [1.807, 2.05) is 19.1 Å². The third kappa shape index (κ3) is 3.80. The van der Waals surface area contributed by atoms with E-state index in [0.29, 0.717) is 0 Å². The van der Waals surface area contributed by atoms with E-state index in [9.17, 15) is 0 Å². The standard InChI is InChI=1S/C9H12N.Na/c1-3-10-9-6-4-5-8(2)7-9;/h4-7H,3H2,1-2H3;/q-1;+1. The molecule has 0 aliphatic carbocycles. The maximum absolute atomic E-state index is 4.27. The molecule has 0 aliphatic heterocycles. The van der Waals surface area contributed by atoms with E-state index in [2.05, 4.69) is 24.4 Å². The molecule has 1 rings (SSSR count). The average molecular weight is 157 g/mol. The fourth-order valence-electron chi connectivity index (χ4n) is 0.909. The summed E-state index contributed by atoms with van der Waals surface area (Å²) < 4.78 is 0. The minimum Gasteiger partial charge on any atom is -0.685 e. The Morgan fingerprint density at radius 3 is 2.64 bits per heavy atom. The van der Waals surface area contributed by atoms with Gasteiger partial charge in [0, 0.05) is 0 Å². The van der Waals surface area contributed by atoms with Gasteiger partial charge in [0.2, 0.25) is 0 Å². The molecule has 1 nitrogen and oxygen atoms in total. The van der Waals surface area contributed by atoms with Crippen LogP contribution in [0, 0.1) is 6.92 Å². The van der Waals surface area contributed by atoms with Gasteiger partial charge in [-0.15, -0.1) is 12.2 Å². The van der Waals surface area contributed by atoms with Gasteiger partial charge in [0.05, 0.1) is 0 Å². The van der Waals surface area contributed by atoms with Crippen molar-refractivity contribution >= 4 is 5.69 Å². The summed E-state index contributed by atoms with van der Waals surface area (Å²) >= 11 is 0. The van der Waals surface area contributed by atoms with Crippen LogP contribution in [0.1, 0.15) is 12.5 Å². The summed E-state index contributed by atoms with van der Waals surface area (Å²) in [5.74, 6) is 0. The molecule has 2 heteroatoms. The van der Waals surface area contributed by atoms with Gasteiger partial charge in [-0.25, -0.2) is 0 Å². The second kappa shape index (κ2) is 5.64. The molecular weight excluding hydrogens is 145 g/mol. The van der Waals surface area contributed by atoms with Crippen molar-refractivity contribution in [2.45, 2.75) is 13.8 Å². The Balaban J connectivity index is 0.000001000. The molecule has 0 fully saturated rings. The van der Waals surface area contributed by atoms with Crippen LogP contribution in [-0.2, 0) is 0 Å². The Bertz CT molecular complexity index is 210. The van der Waals surface area contributed by atoms with Crippen molar-refractivity contribution in [1.29, 1.82) is 0 Å². The molecule has 0 unspecified atom stereocenters. The molecule has 0 heterocycles. The van der Waals surface area contributed by atoms with Crippen LogP contribution in [0.3, 0.4) is 0 Å². The minimum atomic E-state index is 0. The Labute approximate surface area is 90.5 Å². The molecule has 1 aromatic rings. The number of benzene rings is 1. The van der Waals surface area contributed by atoms with Crippen LogP contribution in [0.4, 0.5) is 5.69 Å². The molecule has 0 bridgehead atoms. The maximum atomic E-state index is 4.27. The first-order valence-corrected chi connectivity index (χ1v) is 3.57. The van der Waals surface area contributed by atoms with Crippen LogP contribution >= 0.6 is 0 Å².